The van der Waals surface area contributed by atoms with E-state index in [0.29, 0.717) is 36.0 Å². The molecule has 12 heteroatoms. The van der Waals surface area contributed by atoms with E-state index in [-0.39, 0.29) is 41.5 Å². The van der Waals surface area contributed by atoms with Crippen LogP contribution in [0.15, 0.2) is 35.4 Å². The van der Waals surface area contributed by atoms with E-state index in [4.69, 9.17) is 9.47 Å². The maximum Gasteiger partial charge on any atom is 0.435 e. The molecule has 0 radical (unpaired) electrons. The van der Waals surface area contributed by atoms with Crippen molar-refractivity contribution in [3.05, 3.63) is 59.0 Å². The number of halogens is 4. The molecule has 5 rings (SSSR count). The van der Waals surface area contributed by atoms with E-state index in [1.807, 2.05) is 0 Å². The molecule has 0 aromatic carbocycles. The number of hydrogen-bond acceptors (Lipinski definition) is 7. The molecule has 1 atom stereocenters. The van der Waals surface area contributed by atoms with Gasteiger partial charge in [-0.25, -0.2) is 24.3 Å². The lowest BCUT2D eigenvalue weighted by molar-refractivity contribution is -0.141. The molecule has 3 heterocycles. The molecule has 2 aliphatic rings. The van der Waals surface area contributed by atoms with Crippen LogP contribution in [0.3, 0.4) is 0 Å². The summed E-state index contributed by atoms with van der Waals surface area (Å²) in [5, 5.41) is 0. The Labute approximate surface area is 229 Å². The smallest absolute Gasteiger partial charge is 0.435 e. The van der Waals surface area contributed by atoms with Crippen molar-refractivity contribution >= 4 is 11.8 Å². The average molecular weight is 559 g/mol. The molecule has 40 heavy (non-hydrogen) atoms. The van der Waals surface area contributed by atoms with Crippen LogP contribution in [0.1, 0.15) is 68.2 Å². The summed E-state index contributed by atoms with van der Waals surface area (Å²) in [6.07, 6.45) is 3.46. The zero-order valence-corrected chi connectivity index (χ0v) is 22.7. The van der Waals surface area contributed by atoms with Crippen molar-refractivity contribution in [2.45, 2.75) is 58.2 Å². The number of methoxy groups -OCH3 is 1. The quantitative estimate of drug-likeness (QED) is 0.164. The van der Waals surface area contributed by atoms with Crippen LogP contribution < -0.4 is 4.74 Å². The summed E-state index contributed by atoms with van der Waals surface area (Å²) >= 11 is 0. The maximum atomic E-state index is 15.1. The van der Waals surface area contributed by atoms with Crippen LogP contribution in [0.25, 0.3) is 17.1 Å². The number of alkyl halides is 3. The van der Waals surface area contributed by atoms with Gasteiger partial charge in [-0.1, -0.05) is 6.92 Å². The van der Waals surface area contributed by atoms with E-state index in [0.717, 1.165) is 18.4 Å². The highest BCUT2D eigenvalue weighted by atomic mass is 19.4. The lowest BCUT2D eigenvalue weighted by atomic mass is 9.95. The van der Waals surface area contributed by atoms with E-state index in [1.165, 1.54) is 23.9 Å². The number of allylic oxidation sites excluding steroid dienone is 1. The number of imidazole rings is 1. The summed E-state index contributed by atoms with van der Waals surface area (Å²) in [7, 11) is 3.01. The fourth-order valence-electron chi connectivity index (χ4n) is 4.86. The van der Waals surface area contributed by atoms with Crippen molar-refractivity contribution in [3.63, 3.8) is 0 Å². The third-order valence-corrected chi connectivity index (χ3v) is 7.19. The molecule has 0 amide bonds. The second-order valence-corrected chi connectivity index (χ2v) is 10.1. The molecule has 2 aliphatic carbocycles. The van der Waals surface area contributed by atoms with Crippen molar-refractivity contribution in [2.75, 3.05) is 7.11 Å². The number of nitrogens with zero attached hydrogens (tertiary/aromatic N) is 6. The normalized spacial score (nSPS) is 17.2. The van der Waals surface area contributed by atoms with Gasteiger partial charge in [0.15, 0.2) is 23.2 Å². The van der Waals surface area contributed by atoms with Crippen LogP contribution in [0.2, 0.25) is 0 Å². The predicted octanol–water partition coefficient (Wildman–Crippen LogP) is 6.34. The summed E-state index contributed by atoms with van der Waals surface area (Å²) in [6, 6.07) is 2.77. The number of hydrogen-bond donors (Lipinski definition) is 0. The van der Waals surface area contributed by atoms with Gasteiger partial charge < -0.3 is 14.0 Å². The number of aromatic nitrogens is 5. The van der Waals surface area contributed by atoms with Gasteiger partial charge in [0.2, 0.25) is 11.8 Å². The van der Waals surface area contributed by atoms with Crippen LogP contribution in [0.4, 0.5) is 17.6 Å². The molecule has 8 nitrogen and oxygen atoms in total. The Morgan fingerprint density at radius 1 is 1.20 bits per heavy atom. The maximum absolute atomic E-state index is 15.1. The average Bonchev–Trinajstić information content (AvgIpc) is 3.85. The van der Waals surface area contributed by atoms with Crippen molar-refractivity contribution in [3.8, 4) is 17.4 Å². The molecule has 0 bridgehead atoms. The molecule has 2 fully saturated rings. The Bertz CT molecular complexity index is 1460. The topological polar surface area (TPSA) is 87.3 Å². The predicted molar refractivity (Wildman–Crippen MR) is 140 cm³/mol. The molecular formula is C28H30F4N6O2. The van der Waals surface area contributed by atoms with Crippen molar-refractivity contribution in [1.82, 2.24) is 24.5 Å². The Morgan fingerprint density at radius 3 is 2.55 bits per heavy atom. The van der Waals surface area contributed by atoms with Crippen molar-refractivity contribution < 1.29 is 27.0 Å². The van der Waals surface area contributed by atoms with E-state index in [1.54, 1.807) is 32.5 Å². The van der Waals surface area contributed by atoms with E-state index >= 15 is 4.39 Å². The van der Waals surface area contributed by atoms with Crippen LogP contribution in [-0.2, 0) is 24.6 Å². The van der Waals surface area contributed by atoms with Gasteiger partial charge in [-0.15, -0.1) is 0 Å². The second-order valence-electron chi connectivity index (χ2n) is 10.1. The molecule has 0 saturated heterocycles. The van der Waals surface area contributed by atoms with Gasteiger partial charge in [-0.3, -0.25) is 0 Å². The molecular weight excluding hydrogens is 528 g/mol. The highest BCUT2D eigenvalue weighted by Gasteiger charge is 2.43. The minimum absolute atomic E-state index is 0.0657. The zero-order valence-electron chi connectivity index (χ0n) is 22.7. The lowest BCUT2D eigenvalue weighted by Crippen LogP contribution is -2.10. The monoisotopic (exact) mass is 558 g/mol. The SMILES string of the molecule is C/C=N\C(OC)=C(\c1nccc(OCc2cnc(-c3nc(C(F)(F)F)c(C4CC4)n3C)c(F)c2)n1)C(C)C1CC1. The van der Waals surface area contributed by atoms with Gasteiger partial charge in [0.05, 0.1) is 18.4 Å². The first-order chi connectivity index (χ1) is 19.1. The van der Waals surface area contributed by atoms with Gasteiger partial charge in [0, 0.05) is 43.2 Å². The minimum atomic E-state index is -4.63. The molecule has 3 aromatic heterocycles. The summed E-state index contributed by atoms with van der Waals surface area (Å²) in [5.41, 5.74) is 0.00179. The molecule has 0 N–H and O–H groups in total. The standard InChI is InChI=1S/C28H30F4N6O2/c1-5-33-27(39-4)21(15(2)17-6-7-17)25-34-11-10-20(36-25)40-14-16-12-19(29)22(35-13-16)26-37-24(28(30,31)32)23(38(26)3)18-8-9-18/h5,10-13,15,17-18H,6-9,14H2,1-4H3/b27-21-,33-5-. The summed E-state index contributed by atoms with van der Waals surface area (Å²) in [5.74, 6) is 0.580. The third-order valence-electron chi connectivity index (χ3n) is 7.19. The molecule has 3 aromatic rings. The number of rotatable bonds is 10. The molecule has 2 saturated carbocycles. The van der Waals surface area contributed by atoms with Crippen LogP contribution in [0.5, 0.6) is 5.88 Å². The van der Waals surface area contributed by atoms with E-state index in [9.17, 15) is 13.2 Å². The Kier molecular flexibility index (Phi) is 7.61. The van der Waals surface area contributed by atoms with Gasteiger partial charge in [0.25, 0.3) is 0 Å². The van der Waals surface area contributed by atoms with Crippen molar-refractivity contribution in [1.29, 1.82) is 0 Å². The third kappa shape index (κ3) is 5.71. The largest absolute Gasteiger partial charge is 0.481 e. The highest BCUT2D eigenvalue weighted by Crippen LogP contribution is 2.47. The van der Waals surface area contributed by atoms with Gasteiger partial charge >= 0.3 is 6.18 Å². The number of pyridine rings is 1. The van der Waals surface area contributed by atoms with Crippen LogP contribution >= 0.6 is 0 Å². The number of aliphatic imine (C=N–C) groups is 1. The summed E-state index contributed by atoms with van der Waals surface area (Å²) in [4.78, 5) is 21.2. The molecule has 0 aliphatic heterocycles. The molecule has 1 unspecified atom stereocenters. The van der Waals surface area contributed by atoms with Crippen LogP contribution in [0, 0.1) is 17.7 Å². The van der Waals surface area contributed by atoms with Crippen LogP contribution in [-0.4, -0.2) is 37.8 Å². The fraction of sp³-hybridized carbons (Fsp3) is 0.464. The van der Waals surface area contributed by atoms with Crippen molar-refractivity contribution in [2.24, 2.45) is 23.9 Å². The van der Waals surface area contributed by atoms with E-state index < -0.39 is 17.7 Å². The number of ether oxygens (including phenoxy) is 2. The summed E-state index contributed by atoms with van der Waals surface area (Å²) < 4.78 is 68.6. The summed E-state index contributed by atoms with van der Waals surface area (Å²) in [6.45, 7) is 3.83. The Morgan fingerprint density at radius 2 is 1.95 bits per heavy atom. The Hall–Kier alpha value is -3.83. The molecule has 0 spiro atoms. The highest BCUT2D eigenvalue weighted by molar-refractivity contribution is 5.67. The molecule has 212 valence electrons. The first-order valence-corrected chi connectivity index (χ1v) is 13.1. The second kappa shape index (κ2) is 11.0. The van der Waals surface area contributed by atoms with E-state index in [2.05, 4.69) is 31.9 Å². The zero-order chi connectivity index (χ0) is 28.6. The first-order valence-electron chi connectivity index (χ1n) is 13.1. The van der Waals surface area contributed by atoms with Gasteiger partial charge in [-0.2, -0.15) is 18.2 Å². The van der Waals surface area contributed by atoms with Gasteiger partial charge in [0.1, 0.15) is 12.3 Å². The fourth-order valence-corrected chi connectivity index (χ4v) is 4.86. The Balaban J connectivity index is 1.37. The minimum Gasteiger partial charge on any atom is -0.481 e. The first kappa shape index (κ1) is 27.7. The lowest BCUT2D eigenvalue weighted by Gasteiger charge is -2.17. The van der Waals surface area contributed by atoms with Gasteiger partial charge in [-0.05, 0) is 50.5 Å².